The number of carbonyl (C=O) groups is 2. The SMILES string of the molecule is O=C(/C=C/c1cccnc1)NCCC1C2CN(Cc3ccccc3)C(=O)C12. The summed E-state index contributed by atoms with van der Waals surface area (Å²) in [4.78, 5) is 30.4. The fourth-order valence-corrected chi connectivity index (χ4v) is 4.02. The highest BCUT2D eigenvalue weighted by Crippen LogP contribution is 2.54. The summed E-state index contributed by atoms with van der Waals surface area (Å²) in [5, 5.41) is 2.91. The number of amides is 2. The maximum Gasteiger partial charge on any atom is 0.244 e. The Balaban J connectivity index is 1.18. The molecule has 5 heteroatoms. The Hall–Kier alpha value is -2.95. The molecule has 1 saturated carbocycles. The summed E-state index contributed by atoms with van der Waals surface area (Å²) in [6.45, 7) is 2.16. The van der Waals surface area contributed by atoms with Gasteiger partial charge in [0.05, 0.1) is 0 Å². The van der Waals surface area contributed by atoms with Gasteiger partial charge in [-0.05, 0) is 41.5 Å². The minimum Gasteiger partial charge on any atom is -0.353 e. The van der Waals surface area contributed by atoms with Gasteiger partial charge in [-0.1, -0.05) is 36.4 Å². The van der Waals surface area contributed by atoms with Gasteiger partial charge >= 0.3 is 0 Å². The Bertz CT molecular complexity index is 835. The zero-order chi connectivity index (χ0) is 18.6. The van der Waals surface area contributed by atoms with Gasteiger partial charge < -0.3 is 10.2 Å². The Morgan fingerprint density at radius 3 is 2.78 bits per heavy atom. The molecule has 1 saturated heterocycles. The van der Waals surface area contributed by atoms with Crippen LogP contribution >= 0.6 is 0 Å². The summed E-state index contributed by atoms with van der Waals surface area (Å²) in [5.74, 6) is 1.21. The molecule has 27 heavy (non-hydrogen) atoms. The second-order valence-corrected chi connectivity index (χ2v) is 7.26. The third-order valence-electron chi connectivity index (χ3n) is 5.46. The molecule has 138 valence electrons. The number of hydrogen-bond acceptors (Lipinski definition) is 3. The molecular formula is C22H23N3O2. The summed E-state index contributed by atoms with van der Waals surface area (Å²) >= 11 is 0. The normalized spacial score (nSPS) is 23.5. The molecule has 1 aromatic carbocycles. The summed E-state index contributed by atoms with van der Waals surface area (Å²) in [7, 11) is 0. The molecule has 2 fully saturated rings. The van der Waals surface area contributed by atoms with Crippen LogP contribution in [0.1, 0.15) is 17.5 Å². The van der Waals surface area contributed by atoms with Gasteiger partial charge in [0.2, 0.25) is 11.8 Å². The van der Waals surface area contributed by atoms with Crippen molar-refractivity contribution in [3.8, 4) is 0 Å². The van der Waals surface area contributed by atoms with Crippen LogP contribution in [0.15, 0.2) is 60.9 Å². The lowest BCUT2D eigenvalue weighted by Gasteiger charge is -2.20. The van der Waals surface area contributed by atoms with Crippen LogP contribution in [-0.2, 0) is 16.1 Å². The number of carbonyl (C=O) groups excluding carboxylic acids is 2. The van der Waals surface area contributed by atoms with E-state index in [4.69, 9.17) is 0 Å². The van der Waals surface area contributed by atoms with Crippen LogP contribution in [0, 0.1) is 17.8 Å². The number of aromatic nitrogens is 1. The summed E-state index contributed by atoms with van der Waals surface area (Å²) in [6.07, 6.45) is 7.55. The molecule has 3 atom stereocenters. The second-order valence-electron chi connectivity index (χ2n) is 7.26. The molecule has 2 amide bonds. The van der Waals surface area contributed by atoms with Crippen molar-refractivity contribution in [1.82, 2.24) is 15.2 Å². The molecule has 3 unspecified atom stereocenters. The number of pyridine rings is 1. The third kappa shape index (κ3) is 4.08. The van der Waals surface area contributed by atoms with Crippen molar-refractivity contribution < 1.29 is 9.59 Å². The van der Waals surface area contributed by atoms with Gasteiger partial charge in [-0.3, -0.25) is 14.6 Å². The van der Waals surface area contributed by atoms with Crippen molar-refractivity contribution in [2.45, 2.75) is 13.0 Å². The molecule has 2 aliphatic rings. The Morgan fingerprint density at radius 1 is 1.22 bits per heavy atom. The van der Waals surface area contributed by atoms with Gasteiger partial charge in [-0.2, -0.15) is 0 Å². The number of rotatable bonds is 7. The van der Waals surface area contributed by atoms with E-state index < -0.39 is 0 Å². The zero-order valence-corrected chi connectivity index (χ0v) is 15.1. The van der Waals surface area contributed by atoms with E-state index >= 15 is 0 Å². The number of nitrogens with zero attached hydrogens (tertiary/aromatic N) is 2. The first-order valence-corrected chi connectivity index (χ1v) is 9.41. The first kappa shape index (κ1) is 17.5. The van der Waals surface area contributed by atoms with Crippen LogP contribution in [0.2, 0.25) is 0 Å². The van der Waals surface area contributed by atoms with Crippen LogP contribution in [-0.4, -0.2) is 34.8 Å². The van der Waals surface area contributed by atoms with Crippen molar-refractivity contribution in [1.29, 1.82) is 0 Å². The third-order valence-corrected chi connectivity index (χ3v) is 5.46. The average molecular weight is 361 g/mol. The summed E-state index contributed by atoms with van der Waals surface area (Å²) in [6, 6.07) is 13.8. The molecule has 4 rings (SSSR count). The molecule has 0 spiro atoms. The molecule has 5 nitrogen and oxygen atoms in total. The van der Waals surface area contributed by atoms with Crippen LogP contribution in [0.3, 0.4) is 0 Å². The van der Waals surface area contributed by atoms with E-state index in [-0.39, 0.29) is 17.7 Å². The number of benzene rings is 1. The van der Waals surface area contributed by atoms with E-state index in [1.807, 2.05) is 35.2 Å². The van der Waals surface area contributed by atoms with E-state index in [2.05, 4.69) is 22.4 Å². The van der Waals surface area contributed by atoms with Crippen molar-refractivity contribution in [3.05, 3.63) is 72.1 Å². The van der Waals surface area contributed by atoms with Crippen LogP contribution < -0.4 is 5.32 Å². The van der Waals surface area contributed by atoms with Gasteiger partial charge in [0.1, 0.15) is 0 Å². The molecule has 1 aliphatic carbocycles. The summed E-state index contributed by atoms with van der Waals surface area (Å²) < 4.78 is 0. The molecule has 2 heterocycles. The monoisotopic (exact) mass is 361 g/mol. The van der Waals surface area contributed by atoms with Crippen LogP contribution in [0.4, 0.5) is 0 Å². The minimum atomic E-state index is -0.110. The molecule has 1 aliphatic heterocycles. The van der Waals surface area contributed by atoms with Crippen molar-refractivity contribution in [3.63, 3.8) is 0 Å². The van der Waals surface area contributed by atoms with Crippen molar-refractivity contribution >= 4 is 17.9 Å². The predicted molar refractivity (Wildman–Crippen MR) is 103 cm³/mol. The highest BCUT2D eigenvalue weighted by atomic mass is 16.2. The topological polar surface area (TPSA) is 62.3 Å². The number of piperidine rings is 1. The molecule has 2 aromatic rings. The smallest absolute Gasteiger partial charge is 0.244 e. The van der Waals surface area contributed by atoms with Gasteiger partial charge in [0.15, 0.2) is 0 Å². The van der Waals surface area contributed by atoms with Gasteiger partial charge in [0.25, 0.3) is 0 Å². The van der Waals surface area contributed by atoms with Crippen molar-refractivity contribution in [2.24, 2.45) is 17.8 Å². The Morgan fingerprint density at radius 2 is 2.07 bits per heavy atom. The lowest BCUT2D eigenvalue weighted by molar-refractivity contribution is -0.131. The lowest BCUT2D eigenvalue weighted by Crippen LogP contribution is -2.30. The van der Waals surface area contributed by atoms with E-state index in [0.29, 0.717) is 24.9 Å². The quantitative estimate of drug-likeness (QED) is 0.771. The van der Waals surface area contributed by atoms with Crippen LogP contribution in [0.5, 0.6) is 0 Å². The highest BCUT2D eigenvalue weighted by Gasteiger charge is 2.60. The van der Waals surface area contributed by atoms with E-state index in [0.717, 1.165) is 18.5 Å². The maximum absolute atomic E-state index is 12.5. The highest BCUT2D eigenvalue weighted by molar-refractivity contribution is 5.91. The Kier molecular flexibility index (Phi) is 5.01. The van der Waals surface area contributed by atoms with Gasteiger partial charge in [0, 0.05) is 44.0 Å². The fraction of sp³-hybridized carbons (Fsp3) is 0.318. The van der Waals surface area contributed by atoms with E-state index in [1.165, 1.54) is 11.6 Å². The fourth-order valence-electron chi connectivity index (χ4n) is 4.02. The summed E-state index contributed by atoms with van der Waals surface area (Å²) in [5.41, 5.74) is 2.07. The number of likely N-dealkylation sites (tertiary alicyclic amines) is 1. The lowest BCUT2D eigenvalue weighted by atomic mass is 10.1. The zero-order valence-electron chi connectivity index (χ0n) is 15.1. The second kappa shape index (κ2) is 7.74. The standard InChI is InChI=1S/C22H23N3O2/c26-20(9-8-16-7-4-11-23-13-16)24-12-10-18-19-15-25(22(27)21(18)19)14-17-5-2-1-3-6-17/h1-9,11,13,18-19,21H,10,12,14-15H2,(H,24,26)/b9-8+. The maximum atomic E-state index is 12.5. The Labute approximate surface area is 159 Å². The predicted octanol–water partition coefficient (Wildman–Crippen LogP) is 2.51. The largest absolute Gasteiger partial charge is 0.353 e. The average Bonchev–Trinajstić information content (AvgIpc) is 3.28. The van der Waals surface area contributed by atoms with Crippen molar-refractivity contribution in [2.75, 3.05) is 13.1 Å². The minimum absolute atomic E-state index is 0.110. The molecular weight excluding hydrogens is 338 g/mol. The van der Waals surface area contributed by atoms with Crippen LogP contribution in [0.25, 0.3) is 6.08 Å². The number of hydrogen-bond donors (Lipinski definition) is 1. The molecule has 0 bridgehead atoms. The molecule has 1 aromatic heterocycles. The number of fused-ring (bicyclic) bond motifs is 1. The number of nitrogens with one attached hydrogen (secondary N) is 1. The first-order chi connectivity index (χ1) is 13.2. The van der Waals surface area contributed by atoms with Gasteiger partial charge in [-0.25, -0.2) is 0 Å². The molecule has 0 radical (unpaired) electrons. The van der Waals surface area contributed by atoms with E-state index in [9.17, 15) is 9.59 Å². The van der Waals surface area contributed by atoms with E-state index in [1.54, 1.807) is 18.5 Å². The van der Waals surface area contributed by atoms with Gasteiger partial charge in [-0.15, -0.1) is 0 Å². The molecule has 1 N–H and O–H groups in total. The first-order valence-electron chi connectivity index (χ1n) is 9.41.